The minimum Gasteiger partial charge on any atom is -0.496 e. The number of benzene rings is 2. The summed E-state index contributed by atoms with van der Waals surface area (Å²) < 4.78 is 10.2. The summed E-state index contributed by atoms with van der Waals surface area (Å²) in [6.45, 7) is 0. The minimum atomic E-state index is -0.378. The highest BCUT2D eigenvalue weighted by molar-refractivity contribution is 6.31. The van der Waals surface area contributed by atoms with Crippen molar-refractivity contribution >= 4 is 28.5 Å². The van der Waals surface area contributed by atoms with Crippen LogP contribution in [-0.4, -0.2) is 25.2 Å². The number of H-pyrrole nitrogens is 1. The molecule has 0 unspecified atom stereocenters. The molecule has 1 N–H and O–H groups in total. The molecule has 0 aliphatic carbocycles. The molecular formula is C18H16ClNO3. The zero-order valence-electron chi connectivity index (χ0n) is 12.9. The fraction of sp³-hybridized carbons (Fsp3) is 0.167. The average Bonchev–Trinajstić information content (AvgIpc) is 2.96. The summed E-state index contributed by atoms with van der Waals surface area (Å²) in [6.07, 6.45) is 2.65. The van der Waals surface area contributed by atoms with Gasteiger partial charge in [-0.3, -0.25) is 0 Å². The van der Waals surface area contributed by atoms with Crippen LogP contribution in [0.1, 0.15) is 21.5 Å². The fourth-order valence-corrected chi connectivity index (χ4v) is 2.82. The smallest absolute Gasteiger partial charge is 0.337 e. The Hall–Kier alpha value is -2.46. The van der Waals surface area contributed by atoms with E-state index in [-0.39, 0.29) is 5.97 Å². The number of nitrogens with one attached hydrogen (secondary N) is 1. The Labute approximate surface area is 139 Å². The van der Waals surface area contributed by atoms with Gasteiger partial charge in [-0.05, 0) is 35.4 Å². The van der Waals surface area contributed by atoms with E-state index >= 15 is 0 Å². The fourth-order valence-electron chi connectivity index (χ4n) is 2.65. The Kier molecular flexibility index (Phi) is 4.26. The third kappa shape index (κ3) is 3.03. The van der Waals surface area contributed by atoms with Crippen LogP contribution in [0, 0.1) is 0 Å². The van der Waals surface area contributed by atoms with Gasteiger partial charge in [0.25, 0.3) is 0 Å². The highest BCUT2D eigenvalue weighted by atomic mass is 35.5. The van der Waals surface area contributed by atoms with Crippen LogP contribution in [-0.2, 0) is 11.2 Å². The van der Waals surface area contributed by atoms with E-state index in [1.807, 2.05) is 30.5 Å². The predicted octanol–water partition coefficient (Wildman–Crippen LogP) is 4.21. The number of fused-ring (bicyclic) bond motifs is 1. The lowest BCUT2D eigenvalue weighted by Gasteiger charge is -2.10. The molecule has 3 aromatic rings. The topological polar surface area (TPSA) is 51.3 Å². The molecule has 1 aromatic heterocycles. The third-order valence-electron chi connectivity index (χ3n) is 3.82. The van der Waals surface area contributed by atoms with E-state index < -0.39 is 0 Å². The summed E-state index contributed by atoms with van der Waals surface area (Å²) in [6, 6.07) is 11.1. The van der Waals surface area contributed by atoms with Gasteiger partial charge in [-0.15, -0.1) is 0 Å². The quantitative estimate of drug-likeness (QED) is 0.729. The monoisotopic (exact) mass is 329 g/mol. The first-order chi connectivity index (χ1) is 11.1. The van der Waals surface area contributed by atoms with Crippen molar-refractivity contribution in [1.82, 2.24) is 4.98 Å². The Balaban J connectivity index is 1.96. The second-order valence-corrected chi connectivity index (χ2v) is 5.64. The number of hydrogen-bond acceptors (Lipinski definition) is 3. The Bertz CT molecular complexity index is 870. The third-order valence-corrected chi connectivity index (χ3v) is 4.05. The number of methoxy groups -OCH3 is 2. The molecule has 2 aromatic carbocycles. The number of rotatable bonds is 4. The van der Waals surface area contributed by atoms with E-state index in [2.05, 4.69) is 4.98 Å². The Morgan fingerprint density at radius 1 is 1.13 bits per heavy atom. The number of esters is 1. The molecule has 0 aliphatic heterocycles. The van der Waals surface area contributed by atoms with Crippen LogP contribution < -0.4 is 4.74 Å². The zero-order valence-corrected chi connectivity index (χ0v) is 13.6. The number of ether oxygens (including phenoxy) is 2. The molecule has 0 aliphatic rings. The average molecular weight is 330 g/mol. The summed E-state index contributed by atoms with van der Waals surface area (Å²) in [7, 11) is 2.95. The zero-order chi connectivity index (χ0) is 16.4. The van der Waals surface area contributed by atoms with Gasteiger partial charge in [0.15, 0.2) is 0 Å². The van der Waals surface area contributed by atoms with Crippen molar-refractivity contribution in [2.75, 3.05) is 14.2 Å². The number of hydrogen-bond donors (Lipinski definition) is 1. The van der Waals surface area contributed by atoms with Gasteiger partial charge in [-0.2, -0.15) is 0 Å². The summed E-state index contributed by atoms with van der Waals surface area (Å²) in [5.41, 5.74) is 3.60. The molecule has 23 heavy (non-hydrogen) atoms. The molecule has 1 heterocycles. The maximum Gasteiger partial charge on any atom is 0.337 e. The maximum atomic E-state index is 11.6. The second-order valence-electron chi connectivity index (χ2n) is 5.20. The molecule has 0 bridgehead atoms. The van der Waals surface area contributed by atoms with Crippen molar-refractivity contribution < 1.29 is 14.3 Å². The number of carbonyl (C=O) groups is 1. The van der Waals surface area contributed by atoms with Gasteiger partial charge in [0.2, 0.25) is 0 Å². The van der Waals surface area contributed by atoms with E-state index in [4.69, 9.17) is 21.1 Å². The number of halogens is 1. The van der Waals surface area contributed by atoms with Crippen molar-refractivity contribution in [1.29, 1.82) is 0 Å². The van der Waals surface area contributed by atoms with E-state index in [0.717, 1.165) is 22.0 Å². The molecule has 5 heteroatoms. The van der Waals surface area contributed by atoms with Crippen LogP contribution >= 0.6 is 11.6 Å². The van der Waals surface area contributed by atoms with Crippen LogP contribution in [0.3, 0.4) is 0 Å². The van der Waals surface area contributed by atoms with Crippen LogP contribution in [0.4, 0.5) is 0 Å². The van der Waals surface area contributed by atoms with Crippen LogP contribution in [0.5, 0.6) is 5.75 Å². The summed E-state index contributed by atoms with van der Waals surface area (Å²) >= 11 is 6.01. The van der Waals surface area contributed by atoms with Crippen molar-refractivity contribution in [3.05, 3.63) is 64.3 Å². The lowest BCUT2D eigenvalue weighted by molar-refractivity contribution is 0.0600. The van der Waals surface area contributed by atoms with Crippen LogP contribution in [0.2, 0.25) is 5.02 Å². The first-order valence-electron chi connectivity index (χ1n) is 7.13. The number of aromatic amines is 1. The predicted molar refractivity (Wildman–Crippen MR) is 90.4 cm³/mol. The van der Waals surface area contributed by atoms with Crippen molar-refractivity contribution in [2.45, 2.75) is 6.42 Å². The first-order valence-corrected chi connectivity index (χ1v) is 7.51. The van der Waals surface area contributed by atoms with Gasteiger partial charge in [-0.1, -0.05) is 23.7 Å². The molecule has 4 nitrogen and oxygen atoms in total. The normalized spacial score (nSPS) is 10.7. The van der Waals surface area contributed by atoms with Gasteiger partial charge in [0.1, 0.15) is 5.75 Å². The van der Waals surface area contributed by atoms with Crippen LogP contribution in [0.25, 0.3) is 10.9 Å². The molecule has 0 radical (unpaired) electrons. The summed E-state index contributed by atoms with van der Waals surface area (Å²) in [5.74, 6) is 0.285. The highest BCUT2D eigenvalue weighted by Gasteiger charge is 2.12. The van der Waals surface area contributed by atoms with Crippen molar-refractivity contribution in [2.24, 2.45) is 0 Å². The van der Waals surface area contributed by atoms with E-state index in [1.54, 1.807) is 19.2 Å². The van der Waals surface area contributed by atoms with Gasteiger partial charge in [0.05, 0.1) is 19.8 Å². The molecule has 118 valence electrons. The van der Waals surface area contributed by atoms with Gasteiger partial charge in [0, 0.05) is 28.5 Å². The molecule has 0 saturated heterocycles. The lowest BCUT2D eigenvalue weighted by atomic mass is 10.0. The largest absolute Gasteiger partial charge is 0.496 e. The van der Waals surface area contributed by atoms with E-state index in [9.17, 15) is 4.79 Å². The number of carbonyl (C=O) groups excluding carboxylic acids is 1. The van der Waals surface area contributed by atoms with Crippen molar-refractivity contribution in [3.8, 4) is 5.75 Å². The highest BCUT2D eigenvalue weighted by Crippen LogP contribution is 2.28. The summed E-state index contributed by atoms with van der Waals surface area (Å²) in [4.78, 5) is 14.8. The molecule has 0 amide bonds. The second kappa shape index (κ2) is 6.34. The van der Waals surface area contributed by atoms with E-state index in [1.165, 1.54) is 7.11 Å². The molecular weight excluding hydrogens is 314 g/mol. The minimum absolute atomic E-state index is 0.378. The molecule has 0 fully saturated rings. The first kappa shape index (κ1) is 15.4. The van der Waals surface area contributed by atoms with Gasteiger partial charge in [-0.25, -0.2) is 4.79 Å². The lowest BCUT2D eigenvalue weighted by Crippen LogP contribution is -2.03. The summed E-state index contributed by atoms with van der Waals surface area (Å²) in [5, 5.41) is 1.82. The Morgan fingerprint density at radius 2 is 1.96 bits per heavy atom. The Morgan fingerprint density at radius 3 is 2.70 bits per heavy atom. The van der Waals surface area contributed by atoms with Crippen LogP contribution in [0.15, 0.2) is 42.6 Å². The standard InChI is InChI=1S/C18H16ClNO3/c1-22-17-8-12(18(21)23-2)4-3-11(17)7-13-10-20-16-9-14(19)5-6-15(13)16/h3-6,8-10,20H,7H2,1-2H3. The van der Waals surface area contributed by atoms with Gasteiger partial charge < -0.3 is 14.5 Å². The maximum absolute atomic E-state index is 11.6. The van der Waals surface area contributed by atoms with Gasteiger partial charge >= 0.3 is 5.97 Å². The molecule has 0 spiro atoms. The number of aromatic nitrogens is 1. The van der Waals surface area contributed by atoms with Crippen molar-refractivity contribution in [3.63, 3.8) is 0 Å². The van der Waals surface area contributed by atoms with E-state index in [0.29, 0.717) is 22.8 Å². The molecule has 3 rings (SSSR count). The SMILES string of the molecule is COC(=O)c1ccc(Cc2c[nH]c3cc(Cl)ccc23)c(OC)c1. The molecule has 0 atom stereocenters. The molecule has 0 saturated carbocycles.